The fourth-order valence-electron chi connectivity index (χ4n) is 3.57. The zero-order valence-corrected chi connectivity index (χ0v) is 17.3. The Morgan fingerprint density at radius 1 is 1.06 bits per heavy atom. The summed E-state index contributed by atoms with van der Waals surface area (Å²) in [6.07, 6.45) is -0.314. The van der Waals surface area contributed by atoms with Crippen molar-refractivity contribution in [2.75, 3.05) is 19.7 Å². The summed E-state index contributed by atoms with van der Waals surface area (Å²) in [7, 11) is 0. The number of carbonyl (C=O) groups is 1. The van der Waals surface area contributed by atoms with Crippen LogP contribution >= 0.6 is 11.3 Å². The zero-order valence-electron chi connectivity index (χ0n) is 16.5. The fourth-order valence-corrected chi connectivity index (χ4v) is 4.27. The number of aromatic nitrogens is 3. The molecule has 0 radical (unpaired) electrons. The van der Waals surface area contributed by atoms with Crippen molar-refractivity contribution < 1.29 is 13.9 Å². The first-order chi connectivity index (χ1) is 15.2. The van der Waals surface area contributed by atoms with E-state index in [0.717, 1.165) is 16.1 Å². The molecule has 0 spiro atoms. The molecule has 8 heteroatoms. The normalized spacial score (nSPS) is 16.4. The molecule has 0 N–H and O–H groups in total. The number of morpholine rings is 1. The Bertz CT molecular complexity index is 1180. The molecule has 1 atom stereocenters. The van der Waals surface area contributed by atoms with Gasteiger partial charge in [0.25, 0.3) is 5.91 Å². The minimum Gasteiger partial charge on any atom is -0.370 e. The van der Waals surface area contributed by atoms with Crippen molar-refractivity contribution in [1.29, 1.82) is 0 Å². The lowest BCUT2D eigenvalue weighted by Gasteiger charge is -2.32. The summed E-state index contributed by atoms with van der Waals surface area (Å²) in [5.74, 6) is 0.229. The van der Waals surface area contributed by atoms with Gasteiger partial charge in [0.2, 0.25) is 5.82 Å². The standard InChI is InChI=1S/C23H19FN4O2S/c24-17-10-8-16(9-11-17)19-15-27(12-13-30-19)23(29)21-25-22(20-7-4-14-31-20)28(26-21)18-5-2-1-3-6-18/h1-11,14,19H,12-13,15H2. The van der Waals surface area contributed by atoms with Gasteiger partial charge in [-0.15, -0.1) is 16.4 Å². The molecular weight excluding hydrogens is 415 g/mol. The molecule has 5 rings (SSSR count). The van der Waals surface area contributed by atoms with Gasteiger partial charge in [0.15, 0.2) is 5.82 Å². The number of benzene rings is 2. The summed E-state index contributed by atoms with van der Waals surface area (Å²) in [5.41, 5.74) is 1.67. The van der Waals surface area contributed by atoms with Crippen LogP contribution < -0.4 is 0 Å². The molecule has 0 saturated carbocycles. The van der Waals surface area contributed by atoms with Crippen LogP contribution in [0.25, 0.3) is 16.4 Å². The number of ether oxygens (including phenoxy) is 1. The monoisotopic (exact) mass is 434 g/mol. The minimum absolute atomic E-state index is 0.145. The maximum Gasteiger partial charge on any atom is 0.293 e. The van der Waals surface area contributed by atoms with Crippen LogP contribution in [0.4, 0.5) is 4.39 Å². The molecule has 4 aromatic rings. The molecule has 0 aliphatic carbocycles. The number of halogens is 1. The highest BCUT2D eigenvalue weighted by Gasteiger charge is 2.29. The van der Waals surface area contributed by atoms with E-state index in [1.165, 1.54) is 12.1 Å². The van der Waals surface area contributed by atoms with Crippen LogP contribution in [-0.2, 0) is 4.74 Å². The maximum atomic E-state index is 13.3. The van der Waals surface area contributed by atoms with Gasteiger partial charge in [-0.2, -0.15) is 0 Å². The van der Waals surface area contributed by atoms with Gasteiger partial charge in [0.1, 0.15) is 11.9 Å². The number of para-hydroxylation sites is 1. The van der Waals surface area contributed by atoms with Crippen molar-refractivity contribution >= 4 is 17.2 Å². The molecular formula is C23H19FN4O2S. The van der Waals surface area contributed by atoms with Crippen LogP contribution in [0.15, 0.2) is 72.1 Å². The third-order valence-corrected chi connectivity index (χ3v) is 6.00. The Hall–Kier alpha value is -3.36. The highest BCUT2D eigenvalue weighted by Crippen LogP contribution is 2.27. The molecule has 1 aliphatic rings. The largest absolute Gasteiger partial charge is 0.370 e. The first-order valence-corrected chi connectivity index (χ1v) is 10.8. The van der Waals surface area contributed by atoms with Crippen LogP contribution in [0.5, 0.6) is 0 Å². The average molecular weight is 434 g/mol. The number of thiophene rings is 1. The van der Waals surface area contributed by atoms with E-state index in [1.807, 2.05) is 47.8 Å². The quantitative estimate of drug-likeness (QED) is 0.479. The van der Waals surface area contributed by atoms with Crippen LogP contribution in [0.2, 0.25) is 0 Å². The van der Waals surface area contributed by atoms with Crippen LogP contribution in [-0.4, -0.2) is 45.3 Å². The van der Waals surface area contributed by atoms with E-state index in [0.29, 0.717) is 25.5 Å². The Balaban J connectivity index is 1.44. The molecule has 0 bridgehead atoms. The number of hydrogen-bond acceptors (Lipinski definition) is 5. The van der Waals surface area contributed by atoms with E-state index in [2.05, 4.69) is 10.1 Å². The van der Waals surface area contributed by atoms with Gasteiger partial charge in [0, 0.05) is 6.54 Å². The summed E-state index contributed by atoms with van der Waals surface area (Å²) < 4.78 is 20.8. The number of amides is 1. The maximum absolute atomic E-state index is 13.3. The Morgan fingerprint density at radius 3 is 2.61 bits per heavy atom. The summed E-state index contributed by atoms with van der Waals surface area (Å²) in [6.45, 7) is 1.20. The lowest BCUT2D eigenvalue weighted by molar-refractivity contribution is -0.0232. The fraction of sp³-hybridized carbons (Fsp3) is 0.174. The molecule has 2 aromatic carbocycles. The second-order valence-electron chi connectivity index (χ2n) is 7.15. The molecule has 2 aromatic heterocycles. The van der Waals surface area contributed by atoms with E-state index < -0.39 is 0 Å². The summed E-state index contributed by atoms with van der Waals surface area (Å²) >= 11 is 1.55. The molecule has 3 heterocycles. The Kier molecular flexibility index (Phi) is 5.31. The SMILES string of the molecule is O=C(c1nc(-c2cccs2)n(-c2ccccc2)n1)N1CCOC(c2ccc(F)cc2)C1. The molecule has 1 amide bonds. The molecule has 1 saturated heterocycles. The predicted octanol–water partition coefficient (Wildman–Crippen LogP) is 4.35. The number of carbonyl (C=O) groups excluding carboxylic acids is 1. The second kappa shape index (κ2) is 8.41. The lowest BCUT2D eigenvalue weighted by Crippen LogP contribution is -2.42. The van der Waals surface area contributed by atoms with Crippen LogP contribution in [0, 0.1) is 5.82 Å². The number of hydrogen-bond donors (Lipinski definition) is 0. The Morgan fingerprint density at radius 2 is 1.87 bits per heavy atom. The van der Waals surface area contributed by atoms with Crippen molar-refractivity contribution in [2.45, 2.75) is 6.10 Å². The minimum atomic E-state index is -0.314. The van der Waals surface area contributed by atoms with Gasteiger partial charge in [0.05, 0.1) is 23.7 Å². The Labute approximate surface area is 182 Å². The summed E-state index contributed by atoms with van der Waals surface area (Å²) in [5, 5.41) is 6.52. The first kappa shape index (κ1) is 19.6. The van der Waals surface area contributed by atoms with Gasteiger partial charge in [-0.25, -0.2) is 14.1 Å². The van der Waals surface area contributed by atoms with E-state index in [-0.39, 0.29) is 23.7 Å². The van der Waals surface area contributed by atoms with Crippen molar-refractivity contribution in [3.63, 3.8) is 0 Å². The van der Waals surface area contributed by atoms with Crippen LogP contribution in [0.3, 0.4) is 0 Å². The second-order valence-corrected chi connectivity index (χ2v) is 8.09. The van der Waals surface area contributed by atoms with Crippen molar-refractivity contribution in [1.82, 2.24) is 19.7 Å². The first-order valence-electron chi connectivity index (χ1n) is 9.92. The molecule has 31 heavy (non-hydrogen) atoms. The highest BCUT2D eigenvalue weighted by molar-refractivity contribution is 7.13. The van der Waals surface area contributed by atoms with Crippen molar-refractivity contribution in [2.24, 2.45) is 0 Å². The molecule has 1 fully saturated rings. The molecule has 1 unspecified atom stereocenters. The van der Waals surface area contributed by atoms with Gasteiger partial charge in [-0.05, 0) is 41.3 Å². The summed E-state index contributed by atoms with van der Waals surface area (Å²) in [4.78, 5) is 20.5. The third-order valence-electron chi connectivity index (χ3n) is 5.14. The number of nitrogens with zero attached hydrogens (tertiary/aromatic N) is 4. The molecule has 1 aliphatic heterocycles. The third kappa shape index (κ3) is 3.99. The predicted molar refractivity (Wildman–Crippen MR) is 116 cm³/mol. The zero-order chi connectivity index (χ0) is 21.2. The van der Waals surface area contributed by atoms with E-state index >= 15 is 0 Å². The summed E-state index contributed by atoms with van der Waals surface area (Å²) in [6, 6.07) is 19.7. The topological polar surface area (TPSA) is 60.2 Å². The molecule has 6 nitrogen and oxygen atoms in total. The van der Waals surface area contributed by atoms with Gasteiger partial charge >= 0.3 is 0 Å². The smallest absolute Gasteiger partial charge is 0.293 e. The number of rotatable bonds is 4. The molecule has 156 valence electrons. The van der Waals surface area contributed by atoms with Crippen molar-refractivity contribution in [3.05, 3.63) is 89.3 Å². The average Bonchev–Trinajstić information content (AvgIpc) is 3.50. The van der Waals surface area contributed by atoms with E-state index in [4.69, 9.17) is 4.74 Å². The van der Waals surface area contributed by atoms with E-state index in [9.17, 15) is 9.18 Å². The lowest BCUT2D eigenvalue weighted by atomic mass is 10.1. The van der Waals surface area contributed by atoms with Gasteiger partial charge in [-0.3, -0.25) is 4.79 Å². The van der Waals surface area contributed by atoms with Crippen molar-refractivity contribution in [3.8, 4) is 16.4 Å². The van der Waals surface area contributed by atoms with E-state index in [1.54, 1.807) is 33.1 Å². The van der Waals surface area contributed by atoms with Crippen LogP contribution in [0.1, 0.15) is 22.3 Å². The highest BCUT2D eigenvalue weighted by atomic mass is 32.1. The van der Waals surface area contributed by atoms with Gasteiger partial charge < -0.3 is 9.64 Å². The van der Waals surface area contributed by atoms with Gasteiger partial charge in [-0.1, -0.05) is 36.4 Å².